The van der Waals surface area contributed by atoms with Crippen molar-refractivity contribution in [1.29, 1.82) is 0 Å². The number of nitrogens with zero attached hydrogens (tertiary/aromatic N) is 1. The molecule has 3 aromatic rings. The first kappa shape index (κ1) is 26.5. The molecule has 0 aliphatic heterocycles. The van der Waals surface area contributed by atoms with Crippen LogP contribution < -0.4 is 10.1 Å². The van der Waals surface area contributed by atoms with E-state index in [1.54, 1.807) is 30.5 Å². The zero-order valence-electron chi connectivity index (χ0n) is 19.6. The molecular weight excluding hydrogens is 487 g/mol. The highest BCUT2D eigenvalue weighted by Gasteiger charge is 2.15. The first-order valence-electron chi connectivity index (χ1n) is 11.4. The Hall–Kier alpha value is -3.09. The van der Waals surface area contributed by atoms with Gasteiger partial charge in [0.05, 0.1) is 23.0 Å². The molecular formula is C27H28Cl2N2O4. The molecule has 184 valence electrons. The molecule has 0 aliphatic rings. The number of halogens is 2. The summed E-state index contributed by atoms with van der Waals surface area (Å²) in [7, 11) is 0. The molecule has 0 spiro atoms. The Morgan fingerprint density at radius 1 is 1.03 bits per heavy atom. The molecule has 1 aromatic heterocycles. The molecule has 0 unspecified atom stereocenters. The average molecular weight is 515 g/mol. The number of ether oxygens (including phenoxy) is 1. The minimum atomic E-state index is -0.892. The van der Waals surface area contributed by atoms with Gasteiger partial charge in [-0.25, -0.2) is 0 Å². The number of ketones is 1. The quantitative estimate of drug-likeness (QED) is 0.252. The largest absolute Gasteiger partial charge is 0.490 e. The van der Waals surface area contributed by atoms with Gasteiger partial charge in [-0.3, -0.25) is 14.6 Å². The molecule has 0 amide bonds. The lowest BCUT2D eigenvalue weighted by Crippen LogP contribution is -2.32. The maximum absolute atomic E-state index is 12.2. The Morgan fingerprint density at radius 3 is 2.37 bits per heavy atom. The van der Waals surface area contributed by atoms with Crippen LogP contribution in [-0.2, 0) is 4.79 Å². The molecule has 0 bridgehead atoms. The van der Waals surface area contributed by atoms with Crippen molar-refractivity contribution in [3.05, 3.63) is 76.4 Å². The lowest BCUT2D eigenvalue weighted by Gasteiger charge is -2.24. The van der Waals surface area contributed by atoms with Crippen LogP contribution in [0.15, 0.2) is 60.8 Å². The Kier molecular flexibility index (Phi) is 9.52. The van der Waals surface area contributed by atoms with Gasteiger partial charge in [0.15, 0.2) is 5.78 Å². The molecule has 6 nitrogen and oxygen atoms in total. The lowest BCUT2D eigenvalue weighted by atomic mass is 10.0. The summed E-state index contributed by atoms with van der Waals surface area (Å²) in [5.41, 5.74) is 2.98. The summed E-state index contributed by atoms with van der Waals surface area (Å²) in [4.78, 5) is 27.3. The summed E-state index contributed by atoms with van der Waals surface area (Å²) in [5, 5.41) is 13.3. The first-order valence-corrected chi connectivity index (χ1v) is 12.1. The van der Waals surface area contributed by atoms with Gasteiger partial charge in [0.2, 0.25) is 0 Å². The number of pyridine rings is 1. The van der Waals surface area contributed by atoms with Gasteiger partial charge in [0.25, 0.3) is 0 Å². The van der Waals surface area contributed by atoms with Crippen LogP contribution in [0.25, 0.3) is 11.3 Å². The van der Waals surface area contributed by atoms with Crippen LogP contribution in [0.3, 0.4) is 0 Å². The molecule has 2 aromatic carbocycles. The third-order valence-electron chi connectivity index (χ3n) is 5.53. The number of nitrogens with one attached hydrogen (secondary N) is 1. The number of carboxylic acids is 1. The topological polar surface area (TPSA) is 88.5 Å². The number of carbonyl (C=O) groups is 2. The SMILES string of the molecule is CC(C)[C@@H](COc1ccc(-c2ccc(Cl)cc2Cl)nc1)Nc1ccc(C(=O)CCCC(=O)O)cc1. The van der Waals surface area contributed by atoms with Crippen molar-refractivity contribution in [2.45, 2.75) is 39.2 Å². The number of carboxylic acid groups (broad SMARTS) is 1. The summed E-state index contributed by atoms with van der Waals surface area (Å²) in [6, 6.07) is 16.3. The molecule has 0 aliphatic carbocycles. The minimum Gasteiger partial charge on any atom is -0.490 e. The van der Waals surface area contributed by atoms with Gasteiger partial charge in [-0.1, -0.05) is 37.0 Å². The van der Waals surface area contributed by atoms with Crippen molar-refractivity contribution in [1.82, 2.24) is 4.98 Å². The second-order valence-electron chi connectivity index (χ2n) is 8.56. The summed E-state index contributed by atoms with van der Waals surface area (Å²) < 4.78 is 5.99. The number of aromatic nitrogens is 1. The summed E-state index contributed by atoms with van der Waals surface area (Å²) in [6.45, 7) is 4.63. The van der Waals surface area contributed by atoms with Crippen molar-refractivity contribution >= 4 is 40.6 Å². The first-order chi connectivity index (χ1) is 16.7. The summed E-state index contributed by atoms with van der Waals surface area (Å²) >= 11 is 12.2. The lowest BCUT2D eigenvalue weighted by molar-refractivity contribution is -0.137. The van der Waals surface area contributed by atoms with E-state index < -0.39 is 5.97 Å². The molecule has 0 radical (unpaired) electrons. The van der Waals surface area contributed by atoms with Crippen LogP contribution in [0.4, 0.5) is 5.69 Å². The van der Waals surface area contributed by atoms with E-state index in [0.717, 1.165) is 16.9 Å². The fourth-order valence-corrected chi connectivity index (χ4v) is 3.93. The van der Waals surface area contributed by atoms with Gasteiger partial charge in [-0.2, -0.15) is 0 Å². The molecule has 2 N–H and O–H groups in total. The van der Waals surface area contributed by atoms with Crippen LogP contribution in [0, 0.1) is 5.92 Å². The van der Waals surface area contributed by atoms with Crippen LogP contribution >= 0.6 is 23.2 Å². The van der Waals surface area contributed by atoms with E-state index in [1.165, 1.54) is 0 Å². The number of aliphatic carboxylic acids is 1. The minimum absolute atomic E-state index is 0.00539. The van der Waals surface area contributed by atoms with Crippen LogP contribution in [-0.4, -0.2) is 34.5 Å². The van der Waals surface area contributed by atoms with E-state index >= 15 is 0 Å². The normalized spacial score (nSPS) is 11.8. The number of rotatable bonds is 12. The highest BCUT2D eigenvalue weighted by Crippen LogP contribution is 2.29. The monoisotopic (exact) mass is 514 g/mol. The molecule has 1 heterocycles. The van der Waals surface area contributed by atoms with E-state index in [1.807, 2.05) is 30.3 Å². The molecule has 0 saturated carbocycles. The van der Waals surface area contributed by atoms with Crippen LogP contribution in [0.2, 0.25) is 10.0 Å². The number of hydrogen-bond donors (Lipinski definition) is 2. The van der Waals surface area contributed by atoms with Gasteiger partial charge < -0.3 is 15.2 Å². The van der Waals surface area contributed by atoms with Crippen LogP contribution in [0.1, 0.15) is 43.5 Å². The standard InChI is InChI=1S/C27H28Cl2N2O4/c1-17(2)25(31-20-9-6-18(7-10-20)26(32)4-3-5-27(33)34)16-35-21-11-13-24(30-15-21)22-12-8-19(28)14-23(22)29/h6-15,17,25,31H,3-5,16H2,1-2H3,(H,33,34)/t25-/m1/s1. The van der Waals surface area contributed by atoms with Gasteiger partial charge in [0.1, 0.15) is 12.4 Å². The van der Waals surface area contributed by atoms with Gasteiger partial charge in [0, 0.05) is 34.7 Å². The average Bonchev–Trinajstić information content (AvgIpc) is 2.82. The molecule has 3 rings (SSSR count). The van der Waals surface area contributed by atoms with Gasteiger partial charge in [-0.15, -0.1) is 0 Å². The number of hydrogen-bond acceptors (Lipinski definition) is 5. The van der Waals surface area contributed by atoms with E-state index in [2.05, 4.69) is 24.1 Å². The molecule has 0 fully saturated rings. The highest BCUT2D eigenvalue weighted by molar-refractivity contribution is 6.36. The predicted octanol–water partition coefficient (Wildman–Crippen LogP) is 7.01. The number of Topliss-reactive ketones (excluding diaryl/α,β-unsaturated/α-hetero) is 1. The summed E-state index contributed by atoms with van der Waals surface area (Å²) in [6.07, 6.45) is 2.22. The fourth-order valence-electron chi connectivity index (χ4n) is 3.42. The zero-order chi connectivity index (χ0) is 25.4. The Labute approximate surface area is 215 Å². The Morgan fingerprint density at radius 2 is 1.77 bits per heavy atom. The summed E-state index contributed by atoms with van der Waals surface area (Å²) in [5.74, 6) is -0.0182. The Balaban J connectivity index is 1.56. The maximum Gasteiger partial charge on any atom is 0.303 e. The van der Waals surface area contributed by atoms with Crippen molar-refractivity contribution < 1.29 is 19.4 Å². The maximum atomic E-state index is 12.2. The van der Waals surface area contributed by atoms with E-state index in [0.29, 0.717) is 34.4 Å². The van der Waals surface area contributed by atoms with Gasteiger partial charge in [-0.05, 0) is 66.9 Å². The van der Waals surface area contributed by atoms with Crippen molar-refractivity contribution in [3.8, 4) is 17.0 Å². The molecule has 35 heavy (non-hydrogen) atoms. The highest BCUT2D eigenvalue weighted by atomic mass is 35.5. The number of benzene rings is 2. The smallest absolute Gasteiger partial charge is 0.303 e. The second kappa shape index (κ2) is 12.6. The molecule has 0 saturated heterocycles. The van der Waals surface area contributed by atoms with Crippen molar-refractivity contribution in [2.75, 3.05) is 11.9 Å². The number of carbonyl (C=O) groups excluding carboxylic acids is 1. The Bertz CT molecular complexity index is 1150. The van der Waals surface area contributed by atoms with Crippen molar-refractivity contribution in [2.24, 2.45) is 5.92 Å². The molecule has 1 atom stereocenters. The van der Waals surface area contributed by atoms with E-state index in [-0.39, 0.29) is 30.6 Å². The fraction of sp³-hybridized carbons (Fsp3) is 0.296. The number of anilines is 1. The van der Waals surface area contributed by atoms with Gasteiger partial charge >= 0.3 is 5.97 Å². The third kappa shape index (κ3) is 7.98. The van der Waals surface area contributed by atoms with Crippen LogP contribution in [0.5, 0.6) is 5.75 Å². The van der Waals surface area contributed by atoms with E-state index in [4.69, 9.17) is 33.0 Å². The molecule has 8 heteroatoms. The second-order valence-corrected chi connectivity index (χ2v) is 9.40. The third-order valence-corrected chi connectivity index (χ3v) is 6.08. The van der Waals surface area contributed by atoms with E-state index in [9.17, 15) is 9.59 Å². The van der Waals surface area contributed by atoms with Crippen molar-refractivity contribution in [3.63, 3.8) is 0 Å². The predicted molar refractivity (Wildman–Crippen MR) is 140 cm³/mol. The zero-order valence-corrected chi connectivity index (χ0v) is 21.1.